The normalized spacial score (nSPS) is 9.50. The highest BCUT2D eigenvalue weighted by Crippen LogP contribution is 2.19. The lowest BCUT2D eigenvalue weighted by Gasteiger charge is -2.00. The van der Waals surface area contributed by atoms with Crippen LogP contribution in [-0.4, -0.2) is 0 Å². The lowest BCUT2D eigenvalue weighted by molar-refractivity contribution is 0.562. The molecule has 3 heteroatoms. The van der Waals surface area contributed by atoms with E-state index in [-0.39, 0.29) is 12.0 Å². The average Bonchev–Trinajstić information content (AvgIpc) is 1.96. The second-order valence-corrected chi connectivity index (χ2v) is 3.14. The Morgan fingerprint density at radius 1 is 1.33 bits per heavy atom. The van der Waals surface area contributed by atoms with Gasteiger partial charge < -0.3 is 0 Å². The largest absolute Gasteiger partial charge is 0.207 e. The molecule has 1 aromatic rings. The Kier molecular flexibility index (Phi) is 2.83. The van der Waals surface area contributed by atoms with Gasteiger partial charge >= 0.3 is 0 Å². The smallest absolute Gasteiger partial charge is 0.131 e. The van der Waals surface area contributed by atoms with E-state index in [1.807, 2.05) is 0 Å². The van der Waals surface area contributed by atoms with Crippen LogP contribution in [-0.2, 0) is 6.42 Å². The number of benzene rings is 1. The third-order valence-corrected chi connectivity index (χ3v) is 1.84. The summed E-state index contributed by atoms with van der Waals surface area (Å²) in [6.45, 7) is 0. The molecule has 0 aliphatic heterocycles. The molecule has 0 fully saturated rings. The maximum atomic E-state index is 12.9. The Bertz CT molecular complexity index is 316. The minimum atomic E-state index is -0.611. The van der Waals surface area contributed by atoms with Crippen LogP contribution in [0.4, 0.5) is 8.78 Å². The van der Waals surface area contributed by atoms with Crippen molar-refractivity contribution in [3.8, 4) is 12.3 Å². The highest BCUT2D eigenvalue weighted by atomic mass is 79.9. The monoisotopic (exact) mass is 230 g/mol. The van der Waals surface area contributed by atoms with Crippen molar-refractivity contribution in [2.24, 2.45) is 0 Å². The first kappa shape index (κ1) is 9.21. The van der Waals surface area contributed by atoms with Gasteiger partial charge in [0.1, 0.15) is 11.6 Å². The molecule has 62 valence electrons. The third-order valence-electron chi connectivity index (χ3n) is 1.38. The zero-order valence-electron chi connectivity index (χ0n) is 6.07. The van der Waals surface area contributed by atoms with Gasteiger partial charge in [-0.25, -0.2) is 8.78 Å². The Hall–Kier alpha value is -0.880. The van der Waals surface area contributed by atoms with Crippen LogP contribution in [0.1, 0.15) is 5.56 Å². The summed E-state index contributed by atoms with van der Waals surface area (Å²) in [4.78, 5) is 0. The van der Waals surface area contributed by atoms with E-state index in [9.17, 15) is 8.78 Å². The van der Waals surface area contributed by atoms with E-state index >= 15 is 0 Å². The first-order valence-electron chi connectivity index (χ1n) is 3.22. The summed E-state index contributed by atoms with van der Waals surface area (Å²) in [6, 6.07) is 2.38. The van der Waals surface area contributed by atoms with Crippen molar-refractivity contribution in [3.05, 3.63) is 33.8 Å². The summed E-state index contributed by atoms with van der Waals surface area (Å²) in [5.74, 6) is 0.967. The van der Waals surface area contributed by atoms with Gasteiger partial charge in [-0.2, -0.15) is 0 Å². The summed E-state index contributed by atoms with van der Waals surface area (Å²) < 4.78 is 26.2. The van der Waals surface area contributed by atoms with E-state index in [1.165, 1.54) is 12.1 Å². The lowest BCUT2D eigenvalue weighted by Crippen LogP contribution is -1.93. The van der Waals surface area contributed by atoms with Crippen LogP contribution in [0.15, 0.2) is 16.6 Å². The molecule has 12 heavy (non-hydrogen) atoms. The number of halogens is 3. The molecule has 0 bridgehead atoms. The molecule has 0 spiro atoms. The molecule has 0 atom stereocenters. The van der Waals surface area contributed by atoms with Crippen LogP contribution in [0.3, 0.4) is 0 Å². The van der Waals surface area contributed by atoms with Crippen LogP contribution in [0.25, 0.3) is 0 Å². The fourth-order valence-corrected chi connectivity index (χ4v) is 1.25. The first-order chi connectivity index (χ1) is 5.65. The fourth-order valence-electron chi connectivity index (χ4n) is 0.843. The van der Waals surface area contributed by atoms with E-state index in [0.29, 0.717) is 4.47 Å². The SMILES string of the molecule is C#CCc1c(F)cc(Br)cc1F. The summed E-state index contributed by atoms with van der Waals surface area (Å²) in [5.41, 5.74) is -0.0549. The molecule has 0 saturated heterocycles. The predicted octanol–water partition coefficient (Wildman–Crippen LogP) is 2.90. The van der Waals surface area contributed by atoms with Crippen molar-refractivity contribution in [1.29, 1.82) is 0 Å². The number of hydrogen-bond acceptors (Lipinski definition) is 0. The van der Waals surface area contributed by atoms with E-state index in [0.717, 1.165) is 0 Å². The molecule has 0 aliphatic carbocycles. The molecule has 0 heterocycles. The molecule has 0 unspecified atom stereocenters. The molecule has 0 radical (unpaired) electrons. The number of hydrogen-bond donors (Lipinski definition) is 0. The van der Waals surface area contributed by atoms with Crippen LogP contribution < -0.4 is 0 Å². The van der Waals surface area contributed by atoms with E-state index in [1.54, 1.807) is 0 Å². The molecule has 1 rings (SSSR count). The summed E-state index contributed by atoms with van der Waals surface area (Å²) in [6.07, 6.45) is 4.92. The van der Waals surface area contributed by atoms with Gasteiger partial charge in [0, 0.05) is 16.5 Å². The second kappa shape index (κ2) is 3.68. The zero-order chi connectivity index (χ0) is 9.14. The Balaban J connectivity index is 3.21. The van der Waals surface area contributed by atoms with Gasteiger partial charge in [-0.3, -0.25) is 0 Å². The maximum Gasteiger partial charge on any atom is 0.131 e. The van der Waals surface area contributed by atoms with Gasteiger partial charge in [-0.15, -0.1) is 12.3 Å². The van der Waals surface area contributed by atoms with Gasteiger partial charge in [-0.1, -0.05) is 15.9 Å². The first-order valence-corrected chi connectivity index (χ1v) is 4.01. The summed E-state index contributed by atoms with van der Waals surface area (Å²) in [5, 5.41) is 0. The zero-order valence-corrected chi connectivity index (χ0v) is 7.66. The van der Waals surface area contributed by atoms with Crippen molar-refractivity contribution in [1.82, 2.24) is 0 Å². The Labute approximate surface area is 77.7 Å². The number of rotatable bonds is 1. The molecule has 0 aliphatic rings. The van der Waals surface area contributed by atoms with Gasteiger partial charge in [0.2, 0.25) is 0 Å². The van der Waals surface area contributed by atoms with Crippen molar-refractivity contribution < 1.29 is 8.78 Å². The van der Waals surface area contributed by atoms with E-state index in [4.69, 9.17) is 6.42 Å². The molecule has 0 aromatic heterocycles. The van der Waals surface area contributed by atoms with Crippen LogP contribution in [0.2, 0.25) is 0 Å². The topological polar surface area (TPSA) is 0 Å². The Morgan fingerprint density at radius 2 is 1.83 bits per heavy atom. The molecule has 0 nitrogen and oxygen atoms in total. The molecule has 0 amide bonds. The average molecular weight is 231 g/mol. The summed E-state index contributed by atoms with van der Waals surface area (Å²) >= 11 is 2.97. The van der Waals surface area contributed by atoms with Gasteiger partial charge in [0.25, 0.3) is 0 Å². The summed E-state index contributed by atoms with van der Waals surface area (Å²) in [7, 11) is 0. The van der Waals surface area contributed by atoms with E-state index < -0.39 is 11.6 Å². The maximum absolute atomic E-state index is 12.9. The molecular weight excluding hydrogens is 226 g/mol. The van der Waals surface area contributed by atoms with Crippen LogP contribution in [0, 0.1) is 24.0 Å². The van der Waals surface area contributed by atoms with Crippen LogP contribution in [0.5, 0.6) is 0 Å². The highest BCUT2D eigenvalue weighted by molar-refractivity contribution is 9.10. The van der Waals surface area contributed by atoms with Crippen molar-refractivity contribution in [3.63, 3.8) is 0 Å². The number of terminal acetylenes is 1. The van der Waals surface area contributed by atoms with Crippen molar-refractivity contribution in [2.75, 3.05) is 0 Å². The Morgan fingerprint density at radius 3 is 2.25 bits per heavy atom. The molecule has 0 N–H and O–H groups in total. The molecule has 0 saturated carbocycles. The van der Waals surface area contributed by atoms with Gasteiger partial charge in [0.15, 0.2) is 0 Å². The fraction of sp³-hybridized carbons (Fsp3) is 0.111. The molecular formula is C9H5BrF2. The quantitative estimate of drug-likeness (QED) is 0.652. The standard InChI is InChI=1S/C9H5BrF2/c1-2-3-7-8(11)4-6(10)5-9(7)12/h1,4-5H,3H2. The van der Waals surface area contributed by atoms with Crippen LogP contribution >= 0.6 is 15.9 Å². The minimum Gasteiger partial charge on any atom is -0.207 e. The second-order valence-electron chi connectivity index (χ2n) is 2.23. The van der Waals surface area contributed by atoms with Gasteiger partial charge in [0.05, 0.1) is 0 Å². The highest BCUT2D eigenvalue weighted by Gasteiger charge is 2.08. The molecule has 1 aromatic carbocycles. The predicted molar refractivity (Wildman–Crippen MR) is 46.6 cm³/mol. The van der Waals surface area contributed by atoms with Gasteiger partial charge in [-0.05, 0) is 12.1 Å². The lowest BCUT2D eigenvalue weighted by atomic mass is 10.1. The van der Waals surface area contributed by atoms with Crippen molar-refractivity contribution in [2.45, 2.75) is 6.42 Å². The van der Waals surface area contributed by atoms with Crippen molar-refractivity contribution >= 4 is 15.9 Å². The third kappa shape index (κ3) is 1.83. The van der Waals surface area contributed by atoms with E-state index in [2.05, 4.69) is 21.9 Å². The minimum absolute atomic E-state index is 0.0229.